The maximum Gasteiger partial charge on any atom is 0.211 e. The molecule has 6 aromatic carbocycles. The molecule has 0 fully saturated rings. The van der Waals surface area contributed by atoms with Gasteiger partial charge in [0.25, 0.3) is 0 Å². The van der Waals surface area contributed by atoms with Gasteiger partial charge in [-0.05, 0) is 145 Å². The lowest BCUT2D eigenvalue weighted by Gasteiger charge is -2.18. The molecule has 2 N–H and O–H groups in total. The molecule has 24 heteroatoms. The second-order valence-corrected chi connectivity index (χ2v) is 26.9. The van der Waals surface area contributed by atoms with Gasteiger partial charge < -0.3 is 28.9 Å². The number of anilines is 4. The zero-order chi connectivity index (χ0) is 59.6. The summed E-state index contributed by atoms with van der Waals surface area (Å²) in [6, 6.07) is 41.3. The Balaban J connectivity index is 0.000000202. The number of furan rings is 2. The van der Waals surface area contributed by atoms with E-state index >= 15 is 0 Å². The molecular weight excluding hydrogens is 1180 g/mol. The van der Waals surface area contributed by atoms with Crippen LogP contribution in [0.1, 0.15) is 35.5 Å². The summed E-state index contributed by atoms with van der Waals surface area (Å²) in [5.41, 5.74) is 5.73. The van der Waals surface area contributed by atoms with Crippen LogP contribution in [0.4, 0.5) is 31.8 Å². The van der Waals surface area contributed by atoms with Gasteiger partial charge in [-0.3, -0.25) is 0 Å². The highest BCUT2D eigenvalue weighted by Gasteiger charge is 2.22. The van der Waals surface area contributed by atoms with E-state index in [9.17, 15) is 34.0 Å². The normalized spacial score (nSPS) is 11.9. The van der Waals surface area contributed by atoms with Crippen LogP contribution in [-0.2, 0) is 55.9 Å². The molecule has 4 heterocycles. The average molecular weight is 1240 g/mol. The van der Waals surface area contributed by atoms with Crippen molar-refractivity contribution >= 4 is 97.7 Å². The molecule has 0 aliphatic carbocycles. The molecule has 0 atom stereocenters. The van der Waals surface area contributed by atoms with Crippen molar-refractivity contribution in [1.82, 2.24) is 24.2 Å². The van der Waals surface area contributed by atoms with E-state index in [1.54, 1.807) is 66.7 Å². The molecule has 0 bridgehead atoms. The zero-order valence-electron chi connectivity index (χ0n) is 45.4. The number of aromatic nitrogens is 4. The molecule has 0 aliphatic rings. The number of fused-ring (bicyclic) bond motifs is 2. The Bertz CT molecular complexity index is 4340. The highest BCUT2D eigenvalue weighted by atomic mass is 35.5. The van der Waals surface area contributed by atoms with Gasteiger partial charge in [-0.1, -0.05) is 47.5 Å². The summed E-state index contributed by atoms with van der Waals surface area (Å²) in [6.07, 6.45) is 8.26. The van der Waals surface area contributed by atoms with Gasteiger partial charge in [-0.25, -0.2) is 54.0 Å². The summed E-state index contributed by atoms with van der Waals surface area (Å²) in [6.45, 7) is 0.0600. The van der Waals surface area contributed by atoms with E-state index < -0.39 is 29.7 Å². The van der Waals surface area contributed by atoms with Crippen LogP contribution < -0.4 is 20.1 Å². The summed E-state index contributed by atoms with van der Waals surface area (Å²) >= 11 is 12.9. The topological polar surface area (TPSA) is 226 Å². The molecule has 0 saturated heterocycles. The van der Waals surface area contributed by atoms with Crippen LogP contribution in [0.15, 0.2) is 167 Å². The molecule has 84 heavy (non-hydrogen) atoms. The van der Waals surface area contributed by atoms with Crippen LogP contribution in [0.2, 0.25) is 10.0 Å². The van der Waals surface area contributed by atoms with Crippen LogP contribution in [0.25, 0.3) is 44.5 Å². The number of ether oxygens (including phenoxy) is 2. The van der Waals surface area contributed by atoms with Crippen molar-refractivity contribution in [2.45, 2.75) is 39.0 Å². The van der Waals surface area contributed by atoms with Gasteiger partial charge in [-0.15, -0.1) is 0 Å². The molecule has 0 spiro atoms. The van der Waals surface area contributed by atoms with Crippen molar-refractivity contribution in [1.29, 1.82) is 0 Å². The minimum Gasteiger partial charge on any atom is -0.487 e. The highest BCUT2D eigenvalue weighted by Crippen LogP contribution is 2.35. The quantitative estimate of drug-likeness (QED) is 0.0568. The molecule has 10 aromatic rings. The minimum atomic E-state index is -3.68. The molecule has 4 aromatic heterocycles. The second kappa shape index (κ2) is 26.7. The molecule has 0 unspecified atom stereocenters. The van der Waals surface area contributed by atoms with E-state index in [4.69, 9.17) is 41.5 Å². The van der Waals surface area contributed by atoms with E-state index in [2.05, 4.69) is 30.6 Å². The number of hydrogen-bond acceptors (Lipinski definition) is 16. The number of benzene rings is 6. The van der Waals surface area contributed by atoms with Crippen molar-refractivity contribution < 1.29 is 52.3 Å². The Morgan fingerprint density at radius 3 is 1.49 bits per heavy atom. The first-order chi connectivity index (χ1) is 40.1. The Morgan fingerprint density at radius 2 is 1.02 bits per heavy atom. The first kappa shape index (κ1) is 60.6. The number of nitrogens with one attached hydrogen (secondary N) is 2. The summed E-state index contributed by atoms with van der Waals surface area (Å²) in [7, 11) is -9.99. The average Bonchev–Trinajstić information content (AvgIpc) is 4.31. The van der Waals surface area contributed by atoms with E-state index in [0.29, 0.717) is 102 Å². The third-order valence-corrected chi connectivity index (χ3v) is 16.6. The fourth-order valence-electron chi connectivity index (χ4n) is 8.61. The second-order valence-electron chi connectivity index (χ2n) is 19.6. The summed E-state index contributed by atoms with van der Waals surface area (Å²) in [5, 5.41) is 8.81. The number of aryl methyl sites for hydroxylation is 1. The molecule has 0 aliphatic heterocycles. The summed E-state index contributed by atoms with van der Waals surface area (Å²) in [5.74, 6) is 3.60. The van der Waals surface area contributed by atoms with Crippen molar-refractivity contribution in [2.75, 3.05) is 47.5 Å². The van der Waals surface area contributed by atoms with Crippen molar-refractivity contribution in [3.05, 3.63) is 203 Å². The molecule has 0 amide bonds. The molecule has 10 rings (SSSR count). The maximum absolute atomic E-state index is 13.5. The van der Waals surface area contributed by atoms with E-state index in [-0.39, 0.29) is 49.4 Å². The van der Waals surface area contributed by atoms with Crippen molar-refractivity contribution in [3.63, 3.8) is 0 Å². The van der Waals surface area contributed by atoms with Crippen molar-refractivity contribution in [3.8, 4) is 34.1 Å². The van der Waals surface area contributed by atoms with Crippen LogP contribution in [0.5, 0.6) is 11.5 Å². The number of nitrogens with zero attached hydrogens (tertiary/aromatic N) is 5. The molecule has 0 saturated carbocycles. The van der Waals surface area contributed by atoms with Gasteiger partial charge in [0.05, 0.1) is 39.6 Å². The monoisotopic (exact) mass is 1240 g/mol. The first-order valence-electron chi connectivity index (χ1n) is 25.9. The molecule has 436 valence electrons. The van der Waals surface area contributed by atoms with Crippen LogP contribution in [-0.4, -0.2) is 86.3 Å². The lowest BCUT2D eigenvalue weighted by Crippen LogP contribution is -2.33. The largest absolute Gasteiger partial charge is 0.487 e. The predicted molar refractivity (Wildman–Crippen MR) is 323 cm³/mol. The Kier molecular flexibility index (Phi) is 19.3. The third-order valence-electron chi connectivity index (χ3n) is 12.8. The van der Waals surface area contributed by atoms with Gasteiger partial charge in [0.2, 0.25) is 10.0 Å². The third kappa shape index (κ3) is 17.1. The number of rotatable bonds is 23. The Morgan fingerprint density at radius 1 is 0.536 bits per heavy atom. The summed E-state index contributed by atoms with van der Waals surface area (Å²) in [4.78, 5) is 17.6. The summed E-state index contributed by atoms with van der Waals surface area (Å²) < 4.78 is 122. The zero-order valence-corrected chi connectivity index (χ0v) is 49.4. The highest BCUT2D eigenvalue weighted by molar-refractivity contribution is 7.91. The van der Waals surface area contributed by atoms with Gasteiger partial charge in [0.15, 0.2) is 0 Å². The number of hydrogen-bond donors (Lipinski definition) is 2. The SMILES string of the molecule is CS(=O)(=O)CCCCc1ccc(-c2ccc3ncnc(Nc4ccc(OCc5cccc(F)c5)c(Cl)c4)c3c2)o1.CS(=O)(=O)CCN(Cc1ccc(-c2ccc3ncnc(Nc4ccc(OCc5cccc(F)c5)c(Cl)c4)c3c2)o1)S(C)(=O)=O. The van der Waals surface area contributed by atoms with Gasteiger partial charge in [-0.2, -0.15) is 4.31 Å². The number of halogens is 4. The van der Waals surface area contributed by atoms with Gasteiger partial charge >= 0.3 is 0 Å². The number of sulfonamides is 1. The van der Waals surface area contributed by atoms with E-state index in [1.807, 2.05) is 54.6 Å². The van der Waals surface area contributed by atoms with Crippen molar-refractivity contribution in [2.24, 2.45) is 0 Å². The van der Waals surface area contributed by atoms with Crippen LogP contribution in [0.3, 0.4) is 0 Å². The number of unbranched alkanes of at least 4 members (excludes halogenated alkanes) is 1. The smallest absolute Gasteiger partial charge is 0.211 e. The Hall–Kier alpha value is -7.99. The first-order valence-corrected chi connectivity index (χ1v) is 32.7. The minimum absolute atomic E-state index is 0.111. The maximum atomic E-state index is 13.5. The predicted octanol–water partition coefficient (Wildman–Crippen LogP) is 13.2. The fourth-order valence-corrected chi connectivity index (χ4v) is 11.3. The molecule has 17 nitrogen and oxygen atoms in total. The molecule has 0 radical (unpaired) electrons. The lowest BCUT2D eigenvalue weighted by atomic mass is 10.1. The van der Waals surface area contributed by atoms with Gasteiger partial charge in [0.1, 0.15) is 103 Å². The van der Waals surface area contributed by atoms with Crippen LogP contribution in [0, 0.1) is 11.6 Å². The lowest BCUT2D eigenvalue weighted by molar-refractivity contribution is 0.306. The fraction of sp³-hybridized carbons (Fsp3) is 0.200. The standard InChI is InChI=1S/C30H28ClFN4O6S2.C30H27ClFN3O4S/c1-43(37,38)13-12-36(44(2,39)40)17-24-8-11-28(42-24)21-6-9-27-25(15-21)30(34-19-33-27)35-23-7-10-29(26(31)16-23)41-18-20-4-3-5-22(32)14-20;1-40(36,37)14-3-2-7-24-10-13-28(39-24)21-8-11-27-25(16-21)30(34-19-33-27)35-23-9-12-29(26(31)17-23)38-18-20-5-4-6-22(32)15-20/h3-11,14-16,19H,12-13,17-18H2,1-2H3,(H,33,34,35);4-6,8-13,15-17,19H,2-3,7,14,18H2,1H3,(H,33,34,35). The number of sulfone groups is 2. The van der Waals surface area contributed by atoms with Gasteiger partial charge in [0, 0.05) is 64.5 Å². The molecular formula is C60H55Cl2F2N7O10S3. The van der Waals surface area contributed by atoms with E-state index in [0.717, 1.165) is 45.5 Å². The Labute approximate surface area is 494 Å². The van der Waals surface area contributed by atoms with E-state index in [1.165, 1.54) is 43.2 Å². The van der Waals surface area contributed by atoms with Crippen LogP contribution >= 0.6 is 23.2 Å².